The van der Waals surface area contributed by atoms with Crippen molar-refractivity contribution in [1.82, 2.24) is 0 Å². The van der Waals surface area contributed by atoms with Crippen molar-refractivity contribution in [2.45, 2.75) is 46.6 Å². The summed E-state index contributed by atoms with van der Waals surface area (Å²) < 4.78 is 5.62. The molecule has 1 unspecified atom stereocenters. The zero-order valence-corrected chi connectivity index (χ0v) is 8.89. The topological polar surface area (TPSA) is 26.3 Å². The highest BCUT2D eigenvalue weighted by molar-refractivity contribution is 6.05. The van der Waals surface area contributed by atoms with Gasteiger partial charge in [-0.3, -0.25) is 4.79 Å². The molecule has 13 heavy (non-hydrogen) atoms. The molecule has 0 aromatic heterocycles. The summed E-state index contributed by atoms with van der Waals surface area (Å²) in [5, 5.41) is 0. The van der Waals surface area contributed by atoms with Crippen LogP contribution < -0.4 is 0 Å². The lowest BCUT2D eigenvalue weighted by Gasteiger charge is -2.31. The standard InChI is InChI=1S/C11H18O2/c1-5-8-10(12)9(6-2)11(8)13-7(3)4/h7-8H,5-6H2,1-4H3. The van der Waals surface area contributed by atoms with Gasteiger partial charge < -0.3 is 4.74 Å². The summed E-state index contributed by atoms with van der Waals surface area (Å²) in [5.74, 6) is 1.29. The molecular weight excluding hydrogens is 164 g/mol. The molecule has 2 nitrogen and oxygen atoms in total. The van der Waals surface area contributed by atoms with Crippen LogP contribution in [0.2, 0.25) is 0 Å². The minimum absolute atomic E-state index is 0.0531. The number of rotatable bonds is 4. The molecule has 0 spiro atoms. The van der Waals surface area contributed by atoms with E-state index in [1.165, 1.54) is 0 Å². The third kappa shape index (κ3) is 1.77. The van der Waals surface area contributed by atoms with Crippen LogP contribution in [0, 0.1) is 5.92 Å². The minimum Gasteiger partial charge on any atom is -0.494 e. The molecule has 0 bridgehead atoms. The molecule has 1 aliphatic rings. The lowest BCUT2D eigenvalue weighted by atomic mass is 9.79. The highest BCUT2D eigenvalue weighted by Gasteiger charge is 2.38. The van der Waals surface area contributed by atoms with E-state index in [1.54, 1.807) is 0 Å². The summed E-state index contributed by atoms with van der Waals surface area (Å²) in [7, 11) is 0. The molecule has 1 aliphatic carbocycles. The van der Waals surface area contributed by atoms with Crippen LogP contribution in [0.1, 0.15) is 40.5 Å². The van der Waals surface area contributed by atoms with Crippen LogP contribution in [-0.4, -0.2) is 11.9 Å². The molecule has 0 heterocycles. The molecule has 0 aliphatic heterocycles. The van der Waals surface area contributed by atoms with Crippen LogP contribution in [0.15, 0.2) is 11.3 Å². The van der Waals surface area contributed by atoms with Crippen LogP contribution in [0.5, 0.6) is 0 Å². The Labute approximate surface area is 80.0 Å². The van der Waals surface area contributed by atoms with Crippen molar-refractivity contribution in [3.05, 3.63) is 11.3 Å². The Morgan fingerprint density at radius 2 is 2.00 bits per heavy atom. The second-order valence-corrected chi connectivity index (χ2v) is 3.69. The molecule has 1 rings (SSSR count). The van der Waals surface area contributed by atoms with Crippen molar-refractivity contribution >= 4 is 5.78 Å². The van der Waals surface area contributed by atoms with E-state index in [9.17, 15) is 4.79 Å². The predicted molar refractivity (Wildman–Crippen MR) is 52.3 cm³/mol. The fourth-order valence-corrected chi connectivity index (χ4v) is 1.71. The van der Waals surface area contributed by atoms with E-state index >= 15 is 0 Å². The molecule has 0 fully saturated rings. The first kappa shape index (κ1) is 10.3. The van der Waals surface area contributed by atoms with Crippen molar-refractivity contribution in [3.63, 3.8) is 0 Å². The fraction of sp³-hybridized carbons (Fsp3) is 0.727. The Bertz CT molecular complexity index is 238. The molecule has 0 aromatic rings. The first-order valence-corrected chi connectivity index (χ1v) is 5.05. The average Bonchev–Trinajstić information content (AvgIpc) is 2.04. The van der Waals surface area contributed by atoms with E-state index < -0.39 is 0 Å². The summed E-state index contributed by atoms with van der Waals surface area (Å²) in [6.45, 7) is 8.02. The monoisotopic (exact) mass is 182 g/mol. The third-order valence-corrected chi connectivity index (χ3v) is 2.35. The van der Waals surface area contributed by atoms with Gasteiger partial charge in [0.05, 0.1) is 12.0 Å². The van der Waals surface area contributed by atoms with Gasteiger partial charge in [-0.1, -0.05) is 13.8 Å². The Morgan fingerprint density at radius 3 is 2.38 bits per heavy atom. The zero-order valence-electron chi connectivity index (χ0n) is 8.89. The van der Waals surface area contributed by atoms with Gasteiger partial charge in [0.2, 0.25) is 0 Å². The number of allylic oxidation sites excluding steroid dienone is 2. The number of ketones is 1. The lowest BCUT2D eigenvalue weighted by Crippen LogP contribution is -2.33. The largest absolute Gasteiger partial charge is 0.494 e. The maximum Gasteiger partial charge on any atom is 0.172 e. The second kappa shape index (κ2) is 3.95. The van der Waals surface area contributed by atoms with Crippen molar-refractivity contribution in [2.24, 2.45) is 5.92 Å². The molecule has 0 saturated heterocycles. The van der Waals surface area contributed by atoms with E-state index in [1.807, 2.05) is 27.7 Å². The Kier molecular flexibility index (Phi) is 3.12. The van der Waals surface area contributed by atoms with Gasteiger partial charge >= 0.3 is 0 Å². The molecule has 0 saturated carbocycles. The van der Waals surface area contributed by atoms with E-state index in [0.29, 0.717) is 5.78 Å². The van der Waals surface area contributed by atoms with Gasteiger partial charge in [-0.05, 0) is 26.7 Å². The molecule has 0 radical (unpaired) electrons. The highest BCUT2D eigenvalue weighted by Crippen LogP contribution is 2.36. The zero-order chi connectivity index (χ0) is 10.0. The maximum atomic E-state index is 11.5. The Morgan fingerprint density at radius 1 is 1.38 bits per heavy atom. The van der Waals surface area contributed by atoms with Gasteiger partial charge in [0.1, 0.15) is 5.76 Å². The van der Waals surface area contributed by atoms with Crippen LogP contribution in [0.4, 0.5) is 0 Å². The number of hydrogen-bond acceptors (Lipinski definition) is 2. The van der Waals surface area contributed by atoms with E-state index in [0.717, 1.165) is 24.2 Å². The van der Waals surface area contributed by atoms with Gasteiger partial charge in [0.25, 0.3) is 0 Å². The number of carbonyl (C=O) groups is 1. The molecule has 0 N–H and O–H groups in total. The van der Waals surface area contributed by atoms with Crippen LogP contribution in [0.25, 0.3) is 0 Å². The quantitative estimate of drug-likeness (QED) is 0.668. The molecular formula is C11H18O2. The molecule has 1 atom stereocenters. The number of hydrogen-bond donors (Lipinski definition) is 0. The van der Waals surface area contributed by atoms with E-state index in [-0.39, 0.29) is 12.0 Å². The number of Topliss-reactive ketones (excluding diaryl/α,β-unsaturated/α-hetero) is 1. The normalized spacial score (nSPS) is 22.2. The number of carbonyl (C=O) groups excluding carboxylic acids is 1. The molecule has 74 valence electrons. The summed E-state index contributed by atoms with van der Waals surface area (Å²) in [6, 6.07) is 0. The Hall–Kier alpha value is -0.790. The highest BCUT2D eigenvalue weighted by atomic mass is 16.5. The van der Waals surface area contributed by atoms with Crippen molar-refractivity contribution in [3.8, 4) is 0 Å². The van der Waals surface area contributed by atoms with E-state index in [4.69, 9.17) is 4.74 Å². The van der Waals surface area contributed by atoms with Gasteiger partial charge in [-0.2, -0.15) is 0 Å². The molecule has 0 aromatic carbocycles. The summed E-state index contributed by atoms with van der Waals surface area (Å²) >= 11 is 0. The first-order chi connectivity index (χ1) is 6.11. The van der Waals surface area contributed by atoms with Crippen molar-refractivity contribution in [1.29, 1.82) is 0 Å². The van der Waals surface area contributed by atoms with Gasteiger partial charge in [0.15, 0.2) is 5.78 Å². The second-order valence-electron chi connectivity index (χ2n) is 3.69. The fourth-order valence-electron chi connectivity index (χ4n) is 1.71. The first-order valence-electron chi connectivity index (χ1n) is 5.05. The molecule has 0 amide bonds. The SMILES string of the molecule is CCC1=C(OC(C)C)C(CC)C1=O. The number of ether oxygens (including phenoxy) is 1. The average molecular weight is 182 g/mol. The van der Waals surface area contributed by atoms with Crippen molar-refractivity contribution < 1.29 is 9.53 Å². The smallest absolute Gasteiger partial charge is 0.172 e. The van der Waals surface area contributed by atoms with Gasteiger partial charge in [-0.15, -0.1) is 0 Å². The summed E-state index contributed by atoms with van der Waals surface area (Å²) in [5.41, 5.74) is 0.903. The van der Waals surface area contributed by atoms with E-state index in [2.05, 4.69) is 0 Å². The summed E-state index contributed by atoms with van der Waals surface area (Å²) in [6.07, 6.45) is 1.85. The minimum atomic E-state index is 0.0531. The lowest BCUT2D eigenvalue weighted by molar-refractivity contribution is -0.123. The summed E-state index contributed by atoms with van der Waals surface area (Å²) in [4.78, 5) is 11.5. The predicted octanol–water partition coefficient (Wildman–Crippen LogP) is 2.68. The van der Waals surface area contributed by atoms with Crippen LogP contribution in [-0.2, 0) is 9.53 Å². The van der Waals surface area contributed by atoms with Crippen LogP contribution >= 0.6 is 0 Å². The maximum absolute atomic E-state index is 11.5. The van der Waals surface area contributed by atoms with Gasteiger partial charge in [0, 0.05) is 5.57 Å². The Balaban J connectivity index is 2.77. The third-order valence-electron chi connectivity index (χ3n) is 2.35. The van der Waals surface area contributed by atoms with Crippen LogP contribution in [0.3, 0.4) is 0 Å². The molecule has 2 heteroatoms. The van der Waals surface area contributed by atoms with Crippen molar-refractivity contribution in [2.75, 3.05) is 0 Å². The van der Waals surface area contributed by atoms with Gasteiger partial charge in [-0.25, -0.2) is 0 Å².